The van der Waals surface area contributed by atoms with Crippen LogP contribution in [0.15, 0.2) is 119 Å². The number of rotatable bonds is 9. The van der Waals surface area contributed by atoms with E-state index in [1.807, 2.05) is 6.08 Å². The van der Waals surface area contributed by atoms with E-state index in [0.29, 0.717) is 12.3 Å². The minimum Gasteiger partial charge on any atom is -0.393 e. The third-order valence-electron chi connectivity index (χ3n) is 9.16. The lowest BCUT2D eigenvalue weighted by Crippen LogP contribution is -2.45. The molecule has 3 rings (SSSR count). The van der Waals surface area contributed by atoms with Gasteiger partial charge in [0.15, 0.2) is 0 Å². The zero-order valence-corrected chi connectivity index (χ0v) is 28.3. The first-order valence-corrected chi connectivity index (χ1v) is 15.9. The lowest BCUT2D eigenvalue weighted by atomic mass is 9.65. The molecule has 0 saturated heterocycles. The maximum Gasteiger partial charge on any atom is 0.0982 e. The van der Waals surface area contributed by atoms with E-state index in [2.05, 4.69) is 148 Å². The van der Waals surface area contributed by atoms with Crippen LogP contribution >= 0.6 is 0 Å². The molecule has 2 N–H and O–H groups in total. The van der Waals surface area contributed by atoms with Crippen molar-refractivity contribution >= 4 is 0 Å². The third kappa shape index (κ3) is 9.63. The van der Waals surface area contributed by atoms with Gasteiger partial charge in [0.1, 0.15) is 0 Å². The van der Waals surface area contributed by atoms with Crippen molar-refractivity contribution in [2.75, 3.05) is 0 Å². The van der Waals surface area contributed by atoms with Gasteiger partial charge in [0.05, 0.1) is 23.9 Å². The third-order valence-corrected chi connectivity index (χ3v) is 9.16. The molecule has 1 heterocycles. The Balaban J connectivity index is 1.52. The Hall–Kier alpha value is -2.72. The van der Waals surface area contributed by atoms with Crippen LogP contribution in [0.25, 0.3) is 0 Å². The lowest BCUT2D eigenvalue weighted by Gasteiger charge is -2.44. The SMILES string of the molecule is CC1=C[C@@H](O)CC(C)(C)[C@H]1/C=C/C(C)=C/C=C/C(C)=C/C=C/C=C(C)/C=C/C=C(\C)[C@H]1C=C2C(C)(C)C[C@@H](O)C[C@@]2(C)O1. The van der Waals surface area contributed by atoms with Crippen LogP contribution < -0.4 is 0 Å². The van der Waals surface area contributed by atoms with Crippen LogP contribution in [0.1, 0.15) is 88.5 Å². The summed E-state index contributed by atoms with van der Waals surface area (Å²) < 4.78 is 6.46. The van der Waals surface area contributed by atoms with Crippen molar-refractivity contribution in [3.63, 3.8) is 0 Å². The largest absolute Gasteiger partial charge is 0.393 e. The summed E-state index contributed by atoms with van der Waals surface area (Å²) in [7, 11) is 0. The molecule has 1 fully saturated rings. The fourth-order valence-electron chi connectivity index (χ4n) is 7.04. The van der Waals surface area contributed by atoms with Crippen LogP contribution in [0.2, 0.25) is 0 Å². The number of aliphatic hydroxyl groups excluding tert-OH is 2. The minimum atomic E-state index is -0.382. The Morgan fingerprint density at radius 1 is 0.744 bits per heavy atom. The van der Waals surface area contributed by atoms with Gasteiger partial charge in [0.25, 0.3) is 0 Å². The summed E-state index contributed by atoms with van der Waals surface area (Å²) in [6.07, 6.45) is 31.3. The Labute approximate surface area is 262 Å². The van der Waals surface area contributed by atoms with Crippen LogP contribution in [0, 0.1) is 16.7 Å². The van der Waals surface area contributed by atoms with Gasteiger partial charge in [-0.05, 0) is 82.4 Å². The molecule has 0 bridgehead atoms. The number of aliphatic hydroxyl groups is 2. The van der Waals surface area contributed by atoms with Crippen LogP contribution in [-0.4, -0.2) is 34.1 Å². The van der Waals surface area contributed by atoms with E-state index in [9.17, 15) is 10.2 Å². The summed E-state index contributed by atoms with van der Waals surface area (Å²) in [5, 5.41) is 20.5. The molecule has 234 valence electrons. The molecule has 0 aromatic rings. The van der Waals surface area contributed by atoms with E-state index >= 15 is 0 Å². The number of hydrogen-bond acceptors (Lipinski definition) is 3. The van der Waals surface area contributed by atoms with Gasteiger partial charge in [-0.1, -0.05) is 129 Å². The molecule has 5 atom stereocenters. The second kappa shape index (κ2) is 14.4. The monoisotopic (exact) mass is 584 g/mol. The summed E-state index contributed by atoms with van der Waals surface area (Å²) in [6, 6.07) is 0. The van der Waals surface area contributed by atoms with E-state index in [1.54, 1.807) is 0 Å². The van der Waals surface area contributed by atoms with Crippen molar-refractivity contribution in [3.8, 4) is 0 Å². The van der Waals surface area contributed by atoms with Crippen molar-refractivity contribution in [2.24, 2.45) is 16.7 Å². The van der Waals surface area contributed by atoms with E-state index in [-0.39, 0.29) is 34.7 Å². The summed E-state index contributed by atoms with van der Waals surface area (Å²) in [4.78, 5) is 0. The highest BCUT2D eigenvalue weighted by molar-refractivity contribution is 5.37. The van der Waals surface area contributed by atoms with Crippen molar-refractivity contribution < 1.29 is 14.9 Å². The Kier molecular flexibility index (Phi) is 11.6. The Morgan fingerprint density at radius 3 is 1.91 bits per heavy atom. The molecule has 0 spiro atoms. The van der Waals surface area contributed by atoms with Gasteiger partial charge in [-0.2, -0.15) is 0 Å². The first kappa shape index (κ1) is 34.8. The normalized spacial score (nSPS) is 32.3. The Bertz CT molecular complexity index is 1320. The number of allylic oxidation sites excluding steroid dienone is 16. The topological polar surface area (TPSA) is 49.7 Å². The first-order chi connectivity index (χ1) is 20.0. The van der Waals surface area contributed by atoms with Gasteiger partial charge < -0.3 is 14.9 Å². The van der Waals surface area contributed by atoms with Gasteiger partial charge in [-0.15, -0.1) is 0 Å². The van der Waals surface area contributed by atoms with E-state index in [4.69, 9.17) is 4.74 Å². The maximum atomic E-state index is 10.4. The molecule has 2 aliphatic carbocycles. The highest BCUT2D eigenvalue weighted by Gasteiger charge is 2.50. The second-order valence-electron chi connectivity index (χ2n) is 14.5. The molecule has 0 aromatic carbocycles. The zero-order chi connectivity index (χ0) is 32.0. The van der Waals surface area contributed by atoms with Crippen LogP contribution in [0.5, 0.6) is 0 Å². The van der Waals surface area contributed by atoms with E-state index < -0.39 is 0 Å². The maximum absolute atomic E-state index is 10.4. The summed E-state index contributed by atoms with van der Waals surface area (Å²) in [5.74, 6) is 0.344. The smallest absolute Gasteiger partial charge is 0.0982 e. The summed E-state index contributed by atoms with van der Waals surface area (Å²) in [5.41, 5.74) is 6.92. The lowest BCUT2D eigenvalue weighted by molar-refractivity contribution is -0.0683. The van der Waals surface area contributed by atoms with Crippen LogP contribution in [0.3, 0.4) is 0 Å². The quantitative estimate of drug-likeness (QED) is 0.210. The Morgan fingerprint density at radius 2 is 1.30 bits per heavy atom. The standard InChI is InChI=1S/C40H56O3/c1-28(17-13-18-30(3)21-22-35-32(5)23-33(41)25-38(35,6)7)15-11-12-16-29(2)19-14-20-31(4)36-24-37-39(8,9)26-34(42)27-40(37,10)43-36/h11-24,33-36,41-42H,25-27H2,1-10H3/b12-11+,17-13+,19-14+,22-21+,28-15+,29-16+,30-18+,31-20+/t33-,34-,35+,36-,40-/m1/s1. The fraction of sp³-hybridized carbons (Fsp3) is 0.500. The molecule has 1 aliphatic heterocycles. The molecule has 0 unspecified atom stereocenters. The van der Waals surface area contributed by atoms with Crippen LogP contribution in [0.4, 0.5) is 0 Å². The number of fused-ring (bicyclic) bond motifs is 1. The summed E-state index contributed by atoms with van der Waals surface area (Å²) in [6.45, 7) is 21.6. The average Bonchev–Trinajstić information content (AvgIpc) is 3.23. The van der Waals surface area contributed by atoms with Gasteiger partial charge in [0, 0.05) is 12.3 Å². The molecule has 0 aromatic heterocycles. The van der Waals surface area contributed by atoms with E-state index in [1.165, 1.54) is 33.4 Å². The average molecular weight is 585 g/mol. The predicted octanol–water partition coefficient (Wildman–Crippen LogP) is 9.61. The molecular weight excluding hydrogens is 528 g/mol. The van der Waals surface area contributed by atoms with Crippen molar-refractivity contribution in [1.29, 1.82) is 0 Å². The van der Waals surface area contributed by atoms with Crippen molar-refractivity contribution in [3.05, 3.63) is 119 Å². The summed E-state index contributed by atoms with van der Waals surface area (Å²) >= 11 is 0. The fourth-order valence-corrected chi connectivity index (χ4v) is 7.04. The highest BCUT2D eigenvalue weighted by atomic mass is 16.5. The van der Waals surface area contributed by atoms with E-state index in [0.717, 1.165) is 12.8 Å². The minimum absolute atomic E-state index is 0.0467. The molecular formula is C40H56O3. The van der Waals surface area contributed by atoms with Crippen molar-refractivity contribution in [2.45, 2.75) is 112 Å². The number of hydrogen-bond donors (Lipinski definition) is 2. The van der Waals surface area contributed by atoms with Crippen molar-refractivity contribution in [1.82, 2.24) is 0 Å². The molecule has 43 heavy (non-hydrogen) atoms. The molecule has 0 amide bonds. The van der Waals surface area contributed by atoms with Gasteiger partial charge in [0.2, 0.25) is 0 Å². The van der Waals surface area contributed by atoms with Gasteiger partial charge in [-0.25, -0.2) is 0 Å². The molecule has 3 nitrogen and oxygen atoms in total. The second-order valence-corrected chi connectivity index (χ2v) is 14.5. The number of ether oxygens (including phenoxy) is 1. The van der Waals surface area contributed by atoms with Crippen LogP contribution in [-0.2, 0) is 4.74 Å². The van der Waals surface area contributed by atoms with Gasteiger partial charge >= 0.3 is 0 Å². The van der Waals surface area contributed by atoms with Gasteiger partial charge in [-0.3, -0.25) is 0 Å². The molecule has 3 heteroatoms. The zero-order valence-electron chi connectivity index (χ0n) is 28.3. The first-order valence-electron chi connectivity index (χ1n) is 15.9. The predicted molar refractivity (Wildman–Crippen MR) is 184 cm³/mol. The molecule has 0 radical (unpaired) electrons. The molecule has 3 aliphatic rings. The molecule has 1 saturated carbocycles. The highest BCUT2D eigenvalue weighted by Crippen LogP contribution is 2.52.